The van der Waals surface area contributed by atoms with E-state index in [2.05, 4.69) is 31.5 Å². The number of hydrogen-bond acceptors (Lipinski definition) is 8. The number of esters is 1. The van der Waals surface area contributed by atoms with Gasteiger partial charge in [-0.15, -0.1) is 5.10 Å². The van der Waals surface area contributed by atoms with Crippen LogP contribution in [0.2, 0.25) is 0 Å². The fraction of sp³-hybridized carbons (Fsp3) is 0.250. The highest BCUT2D eigenvalue weighted by atomic mass is 16.5. The molecule has 164 valence electrons. The maximum absolute atomic E-state index is 11.6. The lowest BCUT2D eigenvalue weighted by molar-refractivity contribution is 0.0535. The molecule has 0 radical (unpaired) electrons. The van der Waals surface area contributed by atoms with E-state index in [0.29, 0.717) is 12.2 Å². The molecule has 0 fully saturated rings. The predicted molar refractivity (Wildman–Crippen MR) is 118 cm³/mol. The Hall–Kier alpha value is -3.98. The van der Waals surface area contributed by atoms with Gasteiger partial charge >= 0.3 is 5.97 Å². The molecule has 0 saturated heterocycles. The molecule has 2 aliphatic heterocycles. The summed E-state index contributed by atoms with van der Waals surface area (Å²) in [6.45, 7) is 3.15. The third kappa shape index (κ3) is 3.87. The standard InChI is InChI=1S/C24H21N7O2/c32-24-21-6-1-16(11-18(21)14-33-24)7-9-30-10-8-22-19(13-30)12-25-23(27-22)17-2-4-20(5-3-17)31-15-26-28-29-31/h1-6,11-12,15H,7-10,13-14H2. The molecular weight excluding hydrogens is 418 g/mol. The first-order valence-electron chi connectivity index (χ1n) is 10.9. The molecule has 0 saturated carbocycles. The van der Waals surface area contributed by atoms with Crippen molar-refractivity contribution < 1.29 is 9.53 Å². The van der Waals surface area contributed by atoms with Crippen LogP contribution in [0, 0.1) is 0 Å². The van der Waals surface area contributed by atoms with Crippen molar-refractivity contribution in [3.05, 3.63) is 82.9 Å². The Morgan fingerprint density at radius 1 is 1.06 bits per heavy atom. The van der Waals surface area contributed by atoms with Crippen LogP contribution in [-0.2, 0) is 30.7 Å². The highest BCUT2D eigenvalue weighted by Gasteiger charge is 2.22. The minimum atomic E-state index is -0.216. The largest absolute Gasteiger partial charge is 0.457 e. The summed E-state index contributed by atoms with van der Waals surface area (Å²) in [6.07, 6.45) is 5.36. The van der Waals surface area contributed by atoms with Crippen molar-refractivity contribution >= 4 is 5.97 Å². The molecule has 9 heteroatoms. The van der Waals surface area contributed by atoms with Crippen molar-refractivity contribution in [2.45, 2.75) is 26.0 Å². The van der Waals surface area contributed by atoms with Crippen LogP contribution < -0.4 is 0 Å². The van der Waals surface area contributed by atoms with E-state index in [1.54, 1.807) is 11.0 Å². The van der Waals surface area contributed by atoms with E-state index in [1.165, 1.54) is 11.1 Å². The van der Waals surface area contributed by atoms with Gasteiger partial charge in [-0.2, -0.15) is 0 Å². The van der Waals surface area contributed by atoms with Crippen molar-refractivity contribution in [1.82, 2.24) is 35.1 Å². The number of carbonyl (C=O) groups excluding carboxylic acids is 1. The number of rotatable bonds is 5. The van der Waals surface area contributed by atoms with E-state index in [4.69, 9.17) is 9.72 Å². The van der Waals surface area contributed by atoms with Gasteiger partial charge in [0.05, 0.1) is 16.9 Å². The number of cyclic esters (lactones) is 1. The second-order valence-electron chi connectivity index (χ2n) is 8.31. The lowest BCUT2D eigenvalue weighted by Crippen LogP contribution is -2.33. The minimum Gasteiger partial charge on any atom is -0.457 e. The number of benzene rings is 2. The molecule has 0 amide bonds. The summed E-state index contributed by atoms with van der Waals surface area (Å²) in [5.74, 6) is 0.521. The molecule has 2 aromatic heterocycles. The van der Waals surface area contributed by atoms with Gasteiger partial charge in [-0.3, -0.25) is 4.90 Å². The maximum atomic E-state index is 11.6. The molecule has 0 bridgehead atoms. The second-order valence-corrected chi connectivity index (χ2v) is 8.31. The Bertz CT molecular complexity index is 1320. The van der Waals surface area contributed by atoms with Crippen molar-refractivity contribution in [1.29, 1.82) is 0 Å². The van der Waals surface area contributed by atoms with E-state index in [-0.39, 0.29) is 5.97 Å². The highest BCUT2D eigenvalue weighted by molar-refractivity contribution is 5.93. The molecule has 2 aliphatic rings. The zero-order valence-electron chi connectivity index (χ0n) is 17.9. The van der Waals surface area contributed by atoms with E-state index >= 15 is 0 Å². The molecule has 0 unspecified atom stereocenters. The Labute approximate surface area is 190 Å². The van der Waals surface area contributed by atoms with Crippen molar-refractivity contribution in [3.63, 3.8) is 0 Å². The first-order chi connectivity index (χ1) is 16.2. The lowest BCUT2D eigenvalue weighted by atomic mass is 10.0. The van der Waals surface area contributed by atoms with E-state index < -0.39 is 0 Å². The summed E-state index contributed by atoms with van der Waals surface area (Å²) in [7, 11) is 0. The summed E-state index contributed by atoms with van der Waals surface area (Å²) in [4.78, 5) is 23.5. The molecule has 0 spiro atoms. The summed E-state index contributed by atoms with van der Waals surface area (Å²) in [5.41, 5.74) is 7.08. The third-order valence-corrected chi connectivity index (χ3v) is 6.22. The molecule has 2 aromatic carbocycles. The molecule has 6 rings (SSSR count). The smallest absolute Gasteiger partial charge is 0.338 e. The monoisotopic (exact) mass is 439 g/mol. The number of aromatic nitrogens is 6. The Morgan fingerprint density at radius 2 is 1.97 bits per heavy atom. The van der Waals surface area contributed by atoms with Crippen LogP contribution in [0.15, 0.2) is 55.0 Å². The number of nitrogens with zero attached hydrogens (tertiary/aromatic N) is 7. The van der Waals surface area contributed by atoms with Crippen LogP contribution >= 0.6 is 0 Å². The van der Waals surface area contributed by atoms with E-state index in [0.717, 1.165) is 60.8 Å². The van der Waals surface area contributed by atoms with E-state index in [9.17, 15) is 4.79 Å². The van der Waals surface area contributed by atoms with Gasteiger partial charge in [0, 0.05) is 48.9 Å². The van der Waals surface area contributed by atoms with E-state index in [1.807, 2.05) is 42.6 Å². The molecule has 0 aliphatic carbocycles. The second kappa shape index (κ2) is 8.18. The summed E-state index contributed by atoms with van der Waals surface area (Å²) < 4.78 is 6.72. The van der Waals surface area contributed by atoms with Gasteiger partial charge in [0.15, 0.2) is 5.82 Å². The predicted octanol–water partition coefficient (Wildman–Crippen LogP) is 2.39. The Kier molecular flexibility index (Phi) is 4.88. The van der Waals surface area contributed by atoms with Gasteiger partial charge in [0.25, 0.3) is 0 Å². The SMILES string of the molecule is O=C1OCc2cc(CCN3CCc4nc(-c5ccc(-n6cnnn6)cc5)ncc4C3)ccc21. The molecule has 33 heavy (non-hydrogen) atoms. The molecular formula is C24H21N7O2. The van der Waals surface area contributed by atoms with Crippen molar-refractivity contribution in [3.8, 4) is 17.1 Å². The van der Waals surface area contributed by atoms with Crippen LogP contribution in [-0.4, -0.2) is 54.1 Å². The average Bonchev–Trinajstić information content (AvgIpc) is 3.53. The number of carbonyl (C=O) groups is 1. The van der Waals surface area contributed by atoms with Gasteiger partial charge in [0.1, 0.15) is 12.9 Å². The molecule has 0 atom stereocenters. The lowest BCUT2D eigenvalue weighted by Gasteiger charge is -2.28. The molecule has 4 heterocycles. The Morgan fingerprint density at radius 3 is 2.82 bits per heavy atom. The zero-order chi connectivity index (χ0) is 22.2. The highest BCUT2D eigenvalue weighted by Crippen LogP contribution is 2.24. The van der Waals surface area contributed by atoms with Gasteiger partial charge in [0.2, 0.25) is 0 Å². The minimum absolute atomic E-state index is 0.216. The topological polar surface area (TPSA) is 98.9 Å². The number of tetrazole rings is 1. The fourth-order valence-electron chi connectivity index (χ4n) is 4.38. The summed E-state index contributed by atoms with van der Waals surface area (Å²) >= 11 is 0. The van der Waals surface area contributed by atoms with Gasteiger partial charge < -0.3 is 4.74 Å². The molecule has 4 aromatic rings. The molecule has 9 nitrogen and oxygen atoms in total. The maximum Gasteiger partial charge on any atom is 0.338 e. The number of hydrogen-bond donors (Lipinski definition) is 0. The normalized spacial score (nSPS) is 15.2. The van der Waals surface area contributed by atoms with Gasteiger partial charge in [-0.1, -0.05) is 12.1 Å². The number of ether oxygens (including phenoxy) is 1. The summed E-state index contributed by atoms with van der Waals surface area (Å²) in [6, 6.07) is 13.9. The zero-order valence-corrected chi connectivity index (χ0v) is 17.9. The van der Waals surface area contributed by atoms with Gasteiger partial charge in [-0.25, -0.2) is 19.4 Å². The first kappa shape index (κ1) is 19.7. The third-order valence-electron chi connectivity index (χ3n) is 6.22. The van der Waals surface area contributed by atoms with Crippen LogP contribution in [0.4, 0.5) is 0 Å². The van der Waals surface area contributed by atoms with Crippen LogP contribution in [0.3, 0.4) is 0 Å². The van der Waals surface area contributed by atoms with Crippen LogP contribution in [0.25, 0.3) is 17.1 Å². The Balaban J connectivity index is 1.11. The number of fused-ring (bicyclic) bond motifs is 2. The van der Waals surface area contributed by atoms with Crippen molar-refractivity contribution in [2.75, 3.05) is 13.1 Å². The van der Waals surface area contributed by atoms with Crippen LogP contribution in [0.5, 0.6) is 0 Å². The molecule has 0 N–H and O–H groups in total. The fourth-order valence-corrected chi connectivity index (χ4v) is 4.38. The van der Waals surface area contributed by atoms with Crippen molar-refractivity contribution in [2.24, 2.45) is 0 Å². The quantitative estimate of drug-likeness (QED) is 0.437. The van der Waals surface area contributed by atoms with Crippen LogP contribution in [0.1, 0.15) is 32.7 Å². The average molecular weight is 439 g/mol. The van der Waals surface area contributed by atoms with Gasteiger partial charge in [-0.05, 0) is 52.7 Å². The summed E-state index contributed by atoms with van der Waals surface area (Å²) in [5, 5.41) is 11.2. The first-order valence-corrected chi connectivity index (χ1v) is 10.9.